The highest BCUT2D eigenvalue weighted by Crippen LogP contribution is 2.22. The molecule has 1 fully saturated rings. The summed E-state index contributed by atoms with van der Waals surface area (Å²) in [4.78, 5) is 23.9. The average Bonchev–Trinajstić information content (AvgIpc) is 2.55. The molecule has 1 amide bonds. The summed E-state index contributed by atoms with van der Waals surface area (Å²) in [6, 6.07) is 6.72. The molecule has 2 rings (SSSR count). The number of Topliss-reactive ketones (excluding diaryl/α,β-unsaturated/α-hetero) is 1. The Morgan fingerprint density at radius 2 is 2.00 bits per heavy atom. The van der Waals surface area contributed by atoms with Crippen LogP contribution >= 0.6 is 0 Å². The number of carbonyl (C=O) groups excluding carboxylic acids is 2. The minimum atomic E-state index is -3.52. The average molecular weight is 353 g/mol. The molecule has 1 aliphatic heterocycles. The van der Waals surface area contributed by atoms with Gasteiger partial charge in [-0.15, -0.1) is 0 Å². The van der Waals surface area contributed by atoms with Crippen LogP contribution < -0.4 is 5.32 Å². The minimum absolute atomic E-state index is 0.0768. The van der Waals surface area contributed by atoms with Crippen molar-refractivity contribution in [3.63, 3.8) is 0 Å². The number of rotatable bonds is 5. The van der Waals surface area contributed by atoms with Gasteiger partial charge in [-0.3, -0.25) is 9.59 Å². The van der Waals surface area contributed by atoms with E-state index < -0.39 is 16.1 Å². The van der Waals surface area contributed by atoms with E-state index in [0.717, 1.165) is 4.31 Å². The quantitative estimate of drug-likeness (QED) is 0.810. The van der Waals surface area contributed by atoms with Gasteiger partial charge in [0.25, 0.3) is 10.2 Å². The largest absolute Gasteiger partial charge is 0.326 e. The molecule has 0 aliphatic carbocycles. The number of piperidine rings is 1. The van der Waals surface area contributed by atoms with Gasteiger partial charge in [0.2, 0.25) is 5.91 Å². The number of anilines is 1. The number of hydrogen-bond donors (Lipinski definition) is 1. The fourth-order valence-corrected chi connectivity index (χ4v) is 3.85. The predicted octanol–water partition coefficient (Wildman–Crippen LogP) is 1.35. The van der Waals surface area contributed by atoms with E-state index in [1.807, 2.05) is 0 Å². The SMILES string of the molecule is CC(=O)c1cccc(NC(=O)[C@H]2CCCN(S(=O)(=O)N(C)C)C2)c1. The van der Waals surface area contributed by atoms with Gasteiger partial charge < -0.3 is 5.32 Å². The zero-order valence-electron chi connectivity index (χ0n) is 14.2. The predicted molar refractivity (Wildman–Crippen MR) is 92.0 cm³/mol. The Hall–Kier alpha value is -1.77. The Morgan fingerprint density at radius 3 is 2.62 bits per heavy atom. The van der Waals surface area contributed by atoms with Crippen molar-refractivity contribution >= 4 is 27.6 Å². The van der Waals surface area contributed by atoms with Crippen molar-refractivity contribution in [3.8, 4) is 0 Å². The lowest BCUT2D eigenvalue weighted by atomic mass is 9.98. The van der Waals surface area contributed by atoms with E-state index in [9.17, 15) is 18.0 Å². The molecule has 1 aromatic rings. The first-order chi connectivity index (χ1) is 11.2. The second-order valence-electron chi connectivity index (χ2n) is 6.11. The van der Waals surface area contributed by atoms with E-state index >= 15 is 0 Å². The summed E-state index contributed by atoms with van der Waals surface area (Å²) in [6.45, 7) is 2.05. The fraction of sp³-hybridized carbons (Fsp3) is 0.500. The maximum atomic E-state index is 12.5. The molecule has 0 unspecified atom stereocenters. The van der Waals surface area contributed by atoms with Crippen LogP contribution in [-0.4, -0.2) is 55.9 Å². The van der Waals surface area contributed by atoms with Gasteiger partial charge >= 0.3 is 0 Å². The Kier molecular flexibility index (Phi) is 5.74. The van der Waals surface area contributed by atoms with E-state index in [1.165, 1.54) is 25.3 Å². The minimum Gasteiger partial charge on any atom is -0.326 e. The van der Waals surface area contributed by atoms with Crippen LogP contribution in [0.3, 0.4) is 0 Å². The summed E-state index contributed by atoms with van der Waals surface area (Å²) in [5.74, 6) is -0.712. The van der Waals surface area contributed by atoms with Crippen molar-refractivity contribution in [2.24, 2.45) is 5.92 Å². The molecular formula is C16H23N3O4S. The van der Waals surface area contributed by atoms with Crippen LogP contribution in [0.2, 0.25) is 0 Å². The first-order valence-corrected chi connectivity index (χ1v) is 9.21. The molecule has 8 heteroatoms. The number of carbonyl (C=O) groups is 2. The van der Waals surface area contributed by atoms with Crippen molar-refractivity contribution in [2.45, 2.75) is 19.8 Å². The second-order valence-corrected chi connectivity index (χ2v) is 8.26. The lowest BCUT2D eigenvalue weighted by Gasteiger charge is -2.32. The summed E-state index contributed by atoms with van der Waals surface area (Å²) in [7, 11) is -0.558. The molecule has 1 aromatic carbocycles. The first kappa shape index (κ1) is 18.6. The molecule has 0 aromatic heterocycles. The summed E-state index contributed by atoms with van der Waals surface area (Å²) >= 11 is 0. The zero-order chi connectivity index (χ0) is 17.9. The fourth-order valence-electron chi connectivity index (χ4n) is 2.66. The first-order valence-electron chi connectivity index (χ1n) is 7.81. The number of nitrogens with zero attached hydrogens (tertiary/aromatic N) is 2. The zero-order valence-corrected chi connectivity index (χ0v) is 15.0. The summed E-state index contributed by atoms with van der Waals surface area (Å²) in [5.41, 5.74) is 1.06. The molecular weight excluding hydrogens is 330 g/mol. The van der Waals surface area contributed by atoms with Gasteiger partial charge in [0.15, 0.2) is 5.78 Å². The van der Waals surface area contributed by atoms with E-state index in [-0.39, 0.29) is 18.2 Å². The van der Waals surface area contributed by atoms with Gasteiger partial charge in [-0.1, -0.05) is 12.1 Å². The van der Waals surface area contributed by atoms with Crippen LogP contribution in [-0.2, 0) is 15.0 Å². The van der Waals surface area contributed by atoms with Gasteiger partial charge in [0.05, 0.1) is 5.92 Å². The van der Waals surface area contributed by atoms with Crippen molar-refractivity contribution in [1.29, 1.82) is 0 Å². The van der Waals surface area contributed by atoms with E-state index in [0.29, 0.717) is 30.6 Å². The Bertz CT molecular complexity index is 731. The molecule has 1 N–H and O–H groups in total. The smallest absolute Gasteiger partial charge is 0.281 e. The number of ketones is 1. The molecule has 0 spiro atoms. The van der Waals surface area contributed by atoms with Crippen molar-refractivity contribution < 1.29 is 18.0 Å². The topological polar surface area (TPSA) is 86.8 Å². The molecule has 132 valence electrons. The van der Waals surface area contributed by atoms with Crippen LogP contribution in [0.25, 0.3) is 0 Å². The van der Waals surface area contributed by atoms with Crippen molar-refractivity contribution in [2.75, 3.05) is 32.5 Å². The van der Waals surface area contributed by atoms with Gasteiger partial charge in [0, 0.05) is 38.4 Å². The lowest BCUT2D eigenvalue weighted by Crippen LogP contribution is -2.47. The van der Waals surface area contributed by atoms with Gasteiger partial charge in [0.1, 0.15) is 0 Å². The number of amides is 1. The molecule has 24 heavy (non-hydrogen) atoms. The molecule has 0 saturated carbocycles. The van der Waals surface area contributed by atoms with Crippen LogP contribution in [0.5, 0.6) is 0 Å². The van der Waals surface area contributed by atoms with E-state index in [1.54, 1.807) is 24.3 Å². The molecule has 1 heterocycles. The number of hydrogen-bond acceptors (Lipinski definition) is 4. The van der Waals surface area contributed by atoms with E-state index in [2.05, 4.69) is 5.32 Å². The van der Waals surface area contributed by atoms with Gasteiger partial charge in [-0.05, 0) is 31.9 Å². The molecule has 0 bridgehead atoms. The molecule has 1 saturated heterocycles. The highest BCUT2D eigenvalue weighted by Gasteiger charge is 2.33. The molecule has 1 aliphatic rings. The Labute approximate surface area is 142 Å². The normalized spacial score (nSPS) is 19.2. The third kappa shape index (κ3) is 4.19. The Balaban J connectivity index is 2.07. The van der Waals surface area contributed by atoms with Gasteiger partial charge in [-0.25, -0.2) is 0 Å². The maximum absolute atomic E-state index is 12.5. The third-order valence-corrected chi connectivity index (χ3v) is 5.99. The van der Waals surface area contributed by atoms with E-state index in [4.69, 9.17) is 0 Å². The van der Waals surface area contributed by atoms with Crippen LogP contribution in [0.4, 0.5) is 5.69 Å². The molecule has 1 atom stereocenters. The second kappa shape index (κ2) is 7.42. The standard InChI is InChI=1S/C16H23N3O4S/c1-12(20)13-6-4-8-15(10-13)17-16(21)14-7-5-9-19(11-14)24(22,23)18(2)3/h4,6,8,10,14H,5,7,9,11H2,1-3H3,(H,17,21)/t14-/m0/s1. The Morgan fingerprint density at radius 1 is 1.29 bits per heavy atom. The summed E-state index contributed by atoms with van der Waals surface area (Å²) in [5, 5.41) is 2.78. The summed E-state index contributed by atoms with van der Waals surface area (Å²) in [6.07, 6.45) is 1.27. The monoisotopic (exact) mass is 353 g/mol. The highest BCUT2D eigenvalue weighted by atomic mass is 32.2. The highest BCUT2D eigenvalue weighted by molar-refractivity contribution is 7.86. The molecule has 0 radical (unpaired) electrons. The van der Waals surface area contributed by atoms with Crippen LogP contribution in [0.15, 0.2) is 24.3 Å². The molecule has 7 nitrogen and oxygen atoms in total. The van der Waals surface area contributed by atoms with Crippen molar-refractivity contribution in [3.05, 3.63) is 29.8 Å². The van der Waals surface area contributed by atoms with Gasteiger partial charge in [-0.2, -0.15) is 17.0 Å². The lowest BCUT2D eigenvalue weighted by molar-refractivity contribution is -0.120. The number of nitrogens with one attached hydrogen (secondary N) is 1. The van der Waals surface area contributed by atoms with Crippen LogP contribution in [0.1, 0.15) is 30.1 Å². The van der Waals surface area contributed by atoms with Crippen molar-refractivity contribution in [1.82, 2.24) is 8.61 Å². The third-order valence-electron chi connectivity index (χ3n) is 4.08. The van der Waals surface area contributed by atoms with Crippen LogP contribution in [0, 0.1) is 5.92 Å². The maximum Gasteiger partial charge on any atom is 0.281 e. The number of benzene rings is 1. The summed E-state index contributed by atoms with van der Waals surface area (Å²) < 4.78 is 26.9.